The molecule has 0 spiro atoms. The Morgan fingerprint density at radius 2 is 1.49 bits per heavy atom. The van der Waals surface area contributed by atoms with Crippen LogP contribution in [0.4, 0.5) is 5.69 Å². The molecule has 0 bridgehead atoms. The Kier molecular flexibility index (Phi) is 5.92. The van der Waals surface area contributed by atoms with Crippen LogP contribution in [0.3, 0.4) is 0 Å². The minimum absolute atomic E-state index is 0.123. The molecular weight excluding hydrogens is 544 g/mol. The number of hydrogen-bond acceptors (Lipinski definition) is 7. The van der Waals surface area contributed by atoms with Gasteiger partial charge in [-0.1, -0.05) is 54.6 Å². The van der Waals surface area contributed by atoms with Gasteiger partial charge in [-0.05, 0) is 41.1 Å². The van der Waals surface area contributed by atoms with E-state index in [0.29, 0.717) is 22.5 Å². The number of rotatable bonds is 6. The van der Waals surface area contributed by atoms with Gasteiger partial charge in [-0.15, -0.1) is 4.57 Å². The summed E-state index contributed by atoms with van der Waals surface area (Å²) in [6.45, 7) is 0. The third kappa shape index (κ3) is 4.86. The lowest BCUT2D eigenvalue weighted by Crippen LogP contribution is -2.39. The van der Waals surface area contributed by atoms with E-state index >= 15 is 0 Å². The first kappa shape index (κ1) is 25.1. The van der Waals surface area contributed by atoms with Crippen molar-refractivity contribution in [1.29, 1.82) is 0 Å². The molecule has 1 aliphatic heterocycles. The van der Waals surface area contributed by atoms with Crippen molar-refractivity contribution in [1.82, 2.24) is 0 Å². The summed E-state index contributed by atoms with van der Waals surface area (Å²) in [5.74, 6) is -0.829. The van der Waals surface area contributed by atoms with Crippen LogP contribution in [-0.2, 0) is 26.1 Å². The molecule has 0 aliphatic carbocycles. The molecule has 0 unspecified atom stereocenters. The van der Waals surface area contributed by atoms with Crippen molar-refractivity contribution in [3.05, 3.63) is 96.7 Å². The molecule has 5 aromatic rings. The third-order valence-corrected chi connectivity index (χ3v) is 7.46. The molecule has 0 saturated carbocycles. The molecule has 0 radical (unpaired) electrons. The van der Waals surface area contributed by atoms with Crippen molar-refractivity contribution in [3.8, 4) is 5.75 Å². The molecule has 39 heavy (non-hydrogen) atoms. The third-order valence-electron chi connectivity index (χ3n) is 6.29. The summed E-state index contributed by atoms with van der Waals surface area (Å²) in [6.07, 6.45) is 4.45. The molecule has 1 aromatic heterocycles. The zero-order valence-electron chi connectivity index (χ0n) is 20.1. The minimum Gasteiger partial charge on any atom is -0.439 e. The number of aromatic nitrogens is 1. The van der Waals surface area contributed by atoms with E-state index in [1.165, 1.54) is 27.7 Å². The van der Waals surface area contributed by atoms with Crippen LogP contribution < -0.4 is 14.2 Å². The summed E-state index contributed by atoms with van der Waals surface area (Å²) < 4.78 is 80.0. The highest BCUT2D eigenvalue weighted by Crippen LogP contribution is 2.44. The lowest BCUT2D eigenvalue weighted by Gasteiger charge is -2.17. The number of benzene rings is 4. The van der Waals surface area contributed by atoms with Crippen LogP contribution >= 0.6 is 0 Å². The molecule has 2 heterocycles. The van der Waals surface area contributed by atoms with E-state index in [9.17, 15) is 25.9 Å². The number of oxazole rings is 1. The maximum atomic E-state index is 11.9. The van der Waals surface area contributed by atoms with Crippen LogP contribution in [0.25, 0.3) is 38.7 Å². The number of allylic oxidation sites excluding steroid dienone is 2. The van der Waals surface area contributed by atoms with Gasteiger partial charge < -0.3 is 9.15 Å². The van der Waals surface area contributed by atoms with E-state index in [4.69, 9.17) is 9.15 Å². The number of nitrogens with zero attached hydrogens (tertiary/aromatic N) is 2. The normalized spacial score (nSPS) is 15.1. The summed E-state index contributed by atoms with van der Waals surface area (Å²) in [4.78, 5) is 1.34. The van der Waals surface area contributed by atoms with E-state index < -0.39 is 32.0 Å². The Labute approximate surface area is 223 Å². The second-order valence-electron chi connectivity index (χ2n) is 8.95. The molecular formula is C27H21N2O8S2+. The van der Waals surface area contributed by atoms with E-state index in [1.807, 2.05) is 60.7 Å². The maximum Gasteiger partial charge on any atom is 0.375 e. The molecule has 0 saturated heterocycles. The summed E-state index contributed by atoms with van der Waals surface area (Å²) >= 11 is 0. The van der Waals surface area contributed by atoms with E-state index in [-0.39, 0.29) is 11.8 Å². The fraction of sp³-hybridized carbons (Fsp3) is 0.0741. The lowest BCUT2D eigenvalue weighted by atomic mass is 10.1. The van der Waals surface area contributed by atoms with Gasteiger partial charge in [-0.2, -0.15) is 16.8 Å². The van der Waals surface area contributed by atoms with Gasteiger partial charge in [0.05, 0.1) is 17.1 Å². The quantitative estimate of drug-likeness (QED) is 0.226. The van der Waals surface area contributed by atoms with Gasteiger partial charge >= 0.3 is 16.0 Å². The van der Waals surface area contributed by atoms with Crippen LogP contribution in [0.1, 0.15) is 5.89 Å². The zero-order valence-corrected chi connectivity index (χ0v) is 21.8. The van der Waals surface area contributed by atoms with Crippen LogP contribution in [0, 0.1) is 0 Å². The second-order valence-corrected chi connectivity index (χ2v) is 11.8. The first-order valence-electron chi connectivity index (χ1n) is 11.7. The highest BCUT2D eigenvalue weighted by molar-refractivity contribution is 7.85. The van der Waals surface area contributed by atoms with Crippen molar-refractivity contribution in [2.45, 2.75) is 5.88 Å². The van der Waals surface area contributed by atoms with Crippen molar-refractivity contribution < 1.29 is 39.7 Å². The SMILES string of the molecule is O=S(=O)(O)CN1/C(=C/C=C/c2oc3ccc4ccccc4c3[n+]2CS(=O)(=O)O)Oc2ccc3ccccc3c21. The molecule has 6 rings (SSSR count). The Morgan fingerprint density at radius 1 is 0.821 bits per heavy atom. The standard InChI is InChI=1S/C27H20N2O8S2/c30-38(31,32)16-28-24(36-22-14-12-18-6-1-3-8-20(18)26(22)28)10-5-11-25-29(17-39(33,34)35)27-21-9-4-2-7-19(21)13-15-23(27)37-25/h1-15H,16-17H2,(H-,30,31,32,33,34,35)/p+1. The summed E-state index contributed by atoms with van der Waals surface area (Å²) in [6, 6.07) is 21.9. The highest BCUT2D eigenvalue weighted by atomic mass is 32.2. The second kappa shape index (κ2) is 9.20. The Morgan fingerprint density at radius 3 is 2.21 bits per heavy atom. The molecule has 12 heteroatoms. The van der Waals surface area contributed by atoms with Crippen LogP contribution in [0.15, 0.2) is 95.2 Å². The van der Waals surface area contributed by atoms with Crippen molar-refractivity contribution >= 4 is 64.6 Å². The molecule has 0 atom stereocenters. The molecule has 2 N–H and O–H groups in total. The van der Waals surface area contributed by atoms with E-state index in [2.05, 4.69) is 0 Å². The van der Waals surface area contributed by atoms with Crippen LogP contribution in [-0.4, -0.2) is 31.8 Å². The van der Waals surface area contributed by atoms with Crippen molar-refractivity contribution in [3.63, 3.8) is 0 Å². The number of hydrogen-bond donors (Lipinski definition) is 2. The smallest absolute Gasteiger partial charge is 0.375 e. The van der Waals surface area contributed by atoms with Gasteiger partial charge in [0.2, 0.25) is 11.5 Å². The molecule has 1 aliphatic rings. The molecule has 0 fully saturated rings. The summed E-state index contributed by atoms with van der Waals surface area (Å²) in [5, 5.41) is 3.19. The van der Waals surface area contributed by atoms with E-state index in [1.54, 1.807) is 12.1 Å². The van der Waals surface area contributed by atoms with Crippen molar-refractivity contribution in [2.24, 2.45) is 0 Å². The van der Waals surface area contributed by atoms with Gasteiger partial charge in [-0.25, -0.2) is 0 Å². The van der Waals surface area contributed by atoms with Gasteiger partial charge in [0.1, 0.15) is 0 Å². The summed E-state index contributed by atoms with van der Waals surface area (Å²) in [7, 11) is -8.86. The zero-order chi connectivity index (χ0) is 27.4. The first-order chi connectivity index (χ1) is 18.6. The van der Waals surface area contributed by atoms with Crippen LogP contribution in [0.2, 0.25) is 0 Å². The van der Waals surface area contributed by atoms with E-state index in [0.717, 1.165) is 21.5 Å². The fourth-order valence-electron chi connectivity index (χ4n) is 4.79. The Hall–Kier alpha value is -4.23. The lowest BCUT2D eigenvalue weighted by molar-refractivity contribution is -0.657. The Bertz CT molecular complexity index is 2060. The van der Waals surface area contributed by atoms with Crippen molar-refractivity contribution in [2.75, 3.05) is 10.8 Å². The van der Waals surface area contributed by atoms with Gasteiger partial charge in [0, 0.05) is 5.39 Å². The largest absolute Gasteiger partial charge is 0.439 e. The van der Waals surface area contributed by atoms with Crippen LogP contribution in [0.5, 0.6) is 5.75 Å². The number of anilines is 1. The molecule has 4 aromatic carbocycles. The molecule has 10 nitrogen and oxygen atoms in total. The fourth-order valence-corrected chi connectivity index (χ4v) is 5.96. The number of ether oxygens (including phenoxy) is 1. The molecule has 198 valence electrons. The first-order valence-corrected chi connectivity index (χ1v) is 14.9. The monoisotopic (exact) mass is 565 g/mol. The highest BCUT2D eigenvalue weighted by Gasteiger charge is 2.31. The maximum absolute atomic E-state index is 11.9. The topological polar surface area (TPSA) is 138 Å². The minimum atomic E-state index is -4.43. The van der Waals surface area contributed by atoms with Gasteiger partial charge in [0.15, 0.2) is 11.6 Å². The average molecular weight is 566 g/mol. The summed E-state index contributed by atoms with van der Waals surface area (Å²) in [5.41, 5.74) is 1.39. The molecule has 0 amide bonds. The number of fused-ring (bicyclic) bond motifs is 6. The van der Waals surface area contributed by atoms with Gasteiger partial charge in [0.25, 0.3) is 21.5 Å². The average Bonchev–Trinajstić information content (AvgIpc) is 3.40. The Balaban J connectivity index is 1.46. The predicted octanol–water partition coefficient (Wildman–Crippen LogP) is 4.47. The van der Waals surface area contributed by atoms with Gasteiger partial charge in [-0.3, -0.25) is 14.0 Å². The predicted molar refractivity (Wildman–Crippen MR) is 146 cm³/mol.